The number of phenolic OH excluding ortho intramolecular Hbond substituents is 1. The van der Waals surface area contributed by atoms with Gasteiger partial charge in [-0.1, -0.05) is 42.5 Å². The average molecular weight is 283 g/mol. The van der Waals surface area contributed by atoms with Crippen molar-refractivity contribution in [2.75, 3.05) is 26.2 Å². The maximum atomic E-state index is 9.37. The zero-order valence-corrected chi connectivity index (χ0v) is 12.1. The minimum Gasteiger partial charge on any atom is -0.508 e. The van der Waals surface area contributed by atoms with Crippen molar-refractivity contribution in [2.24, 2.45) is 0 Å². The summed E-state index contributed by atoms with van der Waals surface area (Å²) in [5, 5.41) is 9.37. The standard InChI is InChI=1S/C18H21NO2/c20-17-8-6-16(7-9-17)18-14-19(12-13-21-18)11-10-15-4-2-1-3-5-15/h1-9,18,20H,10-14H2/t18-/m1/s1. The molecule has 0 aliphatic carbocycles. The molecule has 0 bridgehead atoms. The molecule has 0 unspecified atom stereocenters. The number of hydrogen-bond donors (Lipinski definition) is 1. The van der Waals surface area contributed by atoms with Gasteiger partial charge >= 0.3 is 0 Å². The molecule has 0 spiro atoms. The molecule has 0 saturated carbocycles. The van der Waals surface area contributed by atoms with E-state index >= 15 is 0 Å². The molecule has 3 nitrogen and oxygen atoms in total. The van der Waals surface area contributed by atoms with Crippen LogP contribution in [-0.4, -0.2) is 36.2 Å². The molecule has 0 aromatic heterocycles. The van der Waals surface area contributed by atoms with Crippen LogP contribution >= 0.6 is 0 Å². The van der Waals surface area contributed by atoms with E-state index in [1.54, 1.807) is 12.1 Å². The number of ether oxygens (including phenoxy) is 1. The van der Waals surface area contributed by atoms with Crippen LogP contribution in [0.3, 0.4) is 0 Å². The number of morpholine rings is 1. The molecule has 110 valence electrons. The van der Waals surface area contributed by atoms with Crippen LogP contribution in [0.1, 0.15) is 17.2 Å². The molecular formula is C18H21NO2. The molecule has 1 saturated heterocycles. The van der Waals surface area contributed by atoms with Crippen LogP contribution in [0, 0.1) is 0 Å². The Balaban J connectivity index is 1.57. The number of nitrogens with zero attached hydrogens (tertiary/aromatic N) is 1. The Kier molecular flexibility index (Phi) is 4.53. The molecule has 1 N–H and O–H groups in total. The van der Waals surface area contributed by atoms with Crippen LogP contribution in [0.2, 0.25) is 0 Å². The highest BCUT2D eigenvalue weighted by molar-refractivity contribution is 5.27. The Morgan fingerprint density at radius 2 is 1.81 bits per heavy atom. The Hall–Kier alpha value is -1.84. The summed E-state index contributed by atoms with van der Waals surface area (Å²) in [4.78, 5) is 2.45. The van der Waals surface area contributed by atoms with E-state index < -0.39 is 0 Å². The quantitative estimate of drug-likeness (QED) is 0.936. The number of phenols is 1. The summed E-state index contributed by atoms with van der Waals surface area (Å²) >= 11 is 0. The topological polar surface area (TPSA) is 32.7 Å². The predicted octanol–water partition coefficient (Wildman–Crippen LogP) is 3.01. The Bertz CT molecular complexity index is 553. The molecule has 1 fully saturated rings. The van der Waals surface area contributed by atoms with Gasteiger partial charge in [-0.15, -0.1) is 0 Å². The summed E-state index contributed by atoms with van der Waals surface area (Å²) < 4.78 is 5.86. The smallest absolute Gasteiger partial charge is 0.115 e. The van der Waals surface area contributed by atoms with Crippen molar-refractivity contribution >= 4 is 0 Å². The number of hydrogen-bond acceptors (Lipinski definition) is 3. The molecule has 2 aromatic rings. The second-order valence-electron chi connectivity index (χ2n) is 5.49. The minimum absolute atomic E-state index is 0.107. The predicted molar refractivity (Wildman–Crippen MR) is 83.4 cm³/mol. The van der Waals surface area contributed by atoms with E-state index in [1.165, 1.54) is 5.56 Å². The number of benzene rings is 2. The van der Waals surface area contributed by atoms with Gasteiger partial charge in [-0.05, 0) is 29.7 Å². The number of aromatic hydroxyl groups is 1. The van der Waals surface area contributed by atoms with Gasteiger partial charge in [0.05, 0.1) is 12.7 Å². The maximum absolute atomic E-state index is 9.37. The lowest BCUT2D eigenvalue weighted by Gasteiger charge is -2.33. The molecule has 2 aromatic carbocycles. The molecule has 1 aliphatic rings. The van der Waals surface area contributed by atoms with Gasteiger partial charge in [0.2, 0.25) is 0 Å². The van der Waals surface area contributed by atoms with Crippen LogP contribution in [0.5, 0.6) is 5.75 Å². The van der Waals surface area contributed by atoms with Gasteiger partial charge in [0, 0.05) is 19.6 Å². The lowest BCUT2D eigenvalue weighted by Crippen LogP contribution is -2.39. The molecule has 21 heavy (non-hydrogen) atoms. The Labute approximate surface area is 125 Å². The molecule has 1 aliphatic heterocycles. The first-order chi connectivity index (χ1) is 10.3. The van der Waals surface area contributed by atoms with Crippen molar-refractivity contribution in [3.8, 4) is 5.75 Å². The van der Waals surface area contributed by atoms with Crippen LogP contribution < -0.4 is 0 Å². The monoisotopic (exact) mass is 283 g/mol. The van der Waals surface area contributed by atoms with Crippen molar-refractivity contribution in [1.29, 1.82) is 0 Å². The first-order valence-electron chi connectivity index (χ1n) is 7.48. The lowest BCUT2D eigenvalue weighted by atomic mass is 10.1. The second kappa shape index (κ2) is 6.74. The summed E-state index contributed by atoms with van der Waals surface area (Å²) in [5.74, 6) is 0.301. The summed E-state index contributed by atoms with van der Waals surface area (Å²) in [6, 6.07) is 17.9. The van der Waals surface area contributed by atoms with Crippen LogP contribution in [-0.2, 0) is 11.2 Å². The third kappa shape index (κ3) is 3.84. The lowest BCUT2D eigenvalue weighted by molar-refractivity contribution is -0.0295. The largest absolute Gasteiger partial charge is 0.508 e. The van der Waals surface area contributed by atoms with Crippen molar-refractivity contribution < 1.29 is 9.84 Å². The highest BCUT2D eigenvalue weighted by Gasteiger charge is 2.21. The second-order valence-corrected chi connectivity index (χ2v) is 5.49. The zero-order chi connectivity index (χ0) is 14.5. The van der Waals surface area contributed by atoms with E-state index in [9.17, 15) is 5.11 Å². The van der Waals surface area contributed by atoms with Gasteiger partial charge in [-0.25, -0.2) is 0 Å². The fraction of sp³-hybridized carbons (Fsp3) is 0.333. The van der Waals surface area contributed by atoms with Gasteiger partial charge in [0.15, 0.2) is 0 Å². The molecule has 1 heterocycles. The van der Waals surface area contributed by atoms with Crippen molar-refractivity contribution in [2.45, 2.75) is 12.5 Å². The first-order valence-corrected chi connectivity index (χ1v) is 7.48. The van der Waals surface area contributed by atoms with Gasteiger partial charge in [0.25, 0.3) is 0 Å². The fourth-order valence-corrected chi connectivity index (χ4v) is 2.73. The summed E-state index contributed by atoms with van der Waals surface area (Å²) in [6.45, 7) is 3.72. The summed E-state index contributed by atoms with van der Waals surface area (Å²) in [7, 11) is 0. The maximum Gasteiger partial charge on any atom is 0.115 e. The molecule has 0 amide bonds. The van der Waals surface area contributed by atoms with Gasteiger partial charge < -0.3 is 9.84 Å². The molecule has 1 atom stereocenters. The van der Waals surface area contributed by atoms with E-state index in [4.69, 9.17) is 4.74 Å². The third-order valence-electron chi connectivity index (χ3n) is 3.97. The van der Waals surface area contributed by atoms with Gasteiger partial charge in [-0.3, -0.25) is 4.90 Å². The van der Waals surface area contributed by atoms with Gasteiger partial charge in [-0.2, -0.15) is 0 Å². The SMILES string of the molecule is Oc1ccc([C@H]2CN(CCc3ccccc3)CCO2)cc1. The van der Waals surface area contributed by atoms with Crippen molar-refractivity contribution in [3.05, 3.63) is 65.7 Å². The van der Waals surface area contributed by atoms with E-state index in [0.29, 0.717) is 5.75 Å². The molecule has 3 rings (SSSR count). The minimum atomic E-state index is 0.107. The molecule has 3 heteroatoms. The Morgan fingerprint density at radius 1 is 1.05 bits per heavy atom. The first kappa shape index (κ1) is 14.1. The van der Waals surface area contributed by atoms with E-state index in [2.05, 4.69) is 35.2 Å². The van der Waals surface area contributed by atoms with Crippen molar-refractivity contribution in [1.82, 2.24) is 4.90 Å². The van der Waals surface area contributed by atoms with E-state index in [1.807, 2.05) is 12.1 Å². The highest BCUT2D eigenvalue weighted by atomic mass is 16.5. The summed E-state index contributed by atoms with van der Waals surface area (Å²) in [6.07, 6.45) is 1.18. The third-order valence-corrected chi connectivity index (χ3v) is 3.97. The molecule has 0 radical (unpaired) electrons. The summed E-state index contributed by atoms with van der Waals surface area (Å²) in [5.41, 5.74) is 2.52. The Morgan fingerprint density at radius 3 is 2.57 bits per heavy atom. The molecular weight excluding hydrogens is 262 g/mol. The normalized spacial score (nSPS) is 19.5. The van der Waals surface area contributed by atoms with E-state index in [0.717, 1.165) is 38.2 Å². The van der Waals surface area contributed by atoms with Gasteiger partial charge in [0.1, 0.15) is 5.75 Å². The van der Waals surface area contributed by atoms with Crippen molar-refractivity contribution in [3.63, 3.8) is 0 Å². The van der Waals surface area contributed by atoms with Crippen LogP contribution in [0.4, 0.5) is 0 Å². The zero-order valence-electron chi connectivity index (χ0n) is 12.1. The average Bonchev–Trinajstić information content (AvgIpc) is 2.55. The fourth-order valence-electron chi connectivity index (χ4n) is 2.73. The van der Waals surface area contributed by atoms with Crippen LogP contribution in [0.25, 0.3) is 0 Å². The van der Waals surface area contributed by atoms with E-state index in [-0.39, 0.29) is 6.10 Å². The highest BCUT2D eigenvalue weighted by Crippen LogP contribution is 2.24. The van der Waals surface area contributed by atoms with Crippen LogP contribution in [0.15, 0.2) is 54.6 Å². The number of rotatable bonds is 4.